The second-order valence-electron chi connectivity index (χ2n) is 7.77. The molecule has 0 aromatic heterocycles. The van der Waals surface area contributed by atoms with Crippen LogP contribution in [0.25, 0.3) is 0 Å². The van der Waals surface area contributed by atoms with Crippen LogP contribution < -0.4 is 4.90 Å². The molecule has 1 aromatic rings. The molecule has 2 aliphatic heterocycles. The standard InChI is InChI=1S/C20H30N2O/c1-13(2)16-8-7-9-17(14(3)4)20(16)21-10-19-22(12-21)18(11-23-19)15(5)6/h7-10,13-15,18H,11-12H2,1-6H3/t18-/m1/s1. The molecule has 3 heteroatoms. The molecule has 1 aromatic carbocycles. The summed E-state index contributed by atoms with van der Waals surface area (Å²) in [6, 6.07) is 7.23. The van der Waals surface area contributed by atoms with E-state index < -0.39 is 0 Å². The summed E-state index contributed by atoms with van der Waals surface area (Å²) in [6.45, 7) is 15.4. The quantitative estimate of drug-likeness (QED) is 0.789. The van der Waals surface area contributed by atoms with Crippen LogP contribution in [0.2, 0.25) is 0 Å². The molecule has 0 radical (unpaired) electrons. The zero-order chi connectivity index (χ0) is 16.7. The molecule has 1 atom stereocenters. The van der Waals surface area contributed by atoms with E-state index in [-0.39, 0.29) is 0 Å². The molecule has 0 saturated carbocycles. The van der Waals surface area contributed by atoms with Gasteiger partial charge >= 0.3 is 0 Å². The number of rotatable bonds is 4. The summed E-state index contributed by atoms with van der Waals surface area (Å²) in [7, 11) is 0. The summed E-state index contributed by atoms with van der Waals surface area (Å²) in [6.07, 6.45) is 2.20. The van der Waals surface area contributed by atoms with Crippen LogP contribution in [0.5, 0.6) is 0 Å². The van der Waals surface area contributed by atoms with Crippen molar-refractivity contribution in [3.8, 4) is 0 Å². The monoisotopic (exact) mass is 314 g/mol. The lowest BCUT2D eigenvalue weighted by Crippen LogP contribution is -2.37. The van der Waals surface area contributed by atoms with E-state index in [1.165, 1.54) is 16.8 Å². The SMILES string of the molecule is CC(C)c1cccc(C(C)C)c1N1C=C2OC[C@H](C(C)C)N2C1. The number of benzene rings is 1. The average Bonchev–Trinajstić information content (AvgIpc) is 3.05. The van der Waals surface area contributed by atoms with Crippen molar-refractivity contribution < 1.29 is 4.74 Å². The molecule has 1 fully saturated rings. The number of ether oxygens (including phenoxy) is 1. The molecule has 0 spiro atoms. The fraction of sp³-hybridized carbons (Fsp3) is 0.600. The van der Waals surface area contributed by atoms with E-state index >= 15 is 0 Å². The highest BCUT2D eigenvalue weighted by Gasteiger charge is 2.38. The molecule has 0 unspecified atom stereocenters. The molecule has 0 N–H and O–H groups in total. The van der Waals surface area contributed by atoms with Gasteiger partial charge in [-0.25, -0.2) is 0 Å². The Kier molecular flexibility index (Phi) is 4.31. The van der Waals surface area contributed by atoms with E-state index in [1.54, 1.807) is 0 Å². The molecule has 1 saturated heterocycles. The minimum Gasteiger partial charge on any atom is -0.476 e. The highest BCUT2D eigenvalue weighted by molar-refractivity contribution is 5.64. The molecule has 2 heterocycles. The van der Waals surface area contributed by atoms with Crippen molar-refractivity contribution in [2.75, 3.05) is 18.2 Å². The Morgan fingerprint density at radius 1 is 1.00 bits per heavy atom. The van der Waals surface area contributed by atoms with Crippen molar-refractivity contribution in [1.29, 1.82) is 0 Å². The Morgan fingerprint density at radius 3 is 2.13 bits per heavy atom. The zero-order valence-electron chi connectivity index (χ0n) is 15.3. The fourth-order valence-electron chi connectivity index (χ4n) is 3.66. The van der Waals surface area contributed by atoms with Gasteiger partial charge in [0.05, 0.1) is 18.9 Å². The maximum Gasteiger partial charge on any atom is 0.208 e. The number of hydrogen-bond acceptors (Lipinski definition) is 3. The normalized spacial score (nSPS) is 20.6. The first-order valence-electron chi connectivity index (χ1n) is 8.90. The lowest BCUT2D eigenvalue weighted by Gasteiger charge is -2.30. The highest BCUT2D eigenvalue weighted by Crippen LogP contribution is 2.40. The van der Waals surface area contributed by atoms with Crippen LogP contribution in [0.4, 0.5) is 5.69 Å². The van der Waals surface area contributed by atoms with Crippen LogP contribution >= 0.6 is 0 Å². The molecular weight excluding hydrogens is 284 g/mol. The van der Waals surface area contributed by atoms with Crippen LogP contribution in [0.1, 0.15) is 64.5 Å². The number of anilines is 1. The maximum absolute atomic E-state index is 5.95. The first-order valence-corrected chi connectivity index (χ1v) is 8.90. The molecule has 0 bridgehead atoms. The average molecular weight is 314 g/mol. The summed E-state index contributed by atoms with van der Waals surface area (Å²) in [5, 5.41) is 0. The van der Waals surface area contributed by atoms with Crippen molar-refractivity contribution in [3.05, 3.63) is 41.4 Å². The van der Waals surface area contributed by atoms with Gasteiger partial charge in [0, 0.05) is 5.69 Å². The molecule has 2 aliphatic rings. The summed E-state index contributed by atoms with van der Waals surface area (Å²) >= 11 is 0. The van der Waals surface area contributed by atoms with Crippen molar-refractivity contribution in [2.45, 2.75) is 59.4 Å². The van der Waals surface area contributed by atoms with Crippen molar-refractivity contribution in [3.63, 3.8) is 0 Å². The van der Waals surface area contributed by atoms with Crippen LogP contribution in [-0.2, 0) is 4.74 Å². The molecule has 3 nitrogen and oxygen atoms in total. The second kappa shape index (κ2) is 6.10. The van der Waals surface area contributed by atoms with Gasteiger partial charge in [-0.3, -0.25) is 0 Å². The van der Waals surface area contributed by atoms with E-state index in [0.29, 0.717) is 23.8 Å². The number of hydrogen-bond donors (Lipinski definition) is 0. The Labute approximate surface area is 140 Å². The molecule has 0 amide bonds. The molecule has 23 heavy (non-hydrogen) atoms. The largest absolute Gasteiger partial charge is 0.476 e. The highest BCUT2D eigenvalue weighted by atomic mass is 16.5. The smallest absolute Gasteiger partial charge is 0.208 e. The van der Waals surface area contributed by atoms with E-state index in [4.69, 9.17) is 4.74 Å². The van der Waals surface area contributed by atoms with Crippen molar-refractivity contribution in [1.82, 2.24) is 4.90 Å². The zero-order valence-corrected chi connectivity index (χ0v) is 15.3. The lowest BCUT2D eigenvalue weighted by molar-refractivity contribution is 0.243. The summed E-state index contributed by atoms with van der Waals surface area (Å²) in [5.41, 5.74) is 4.23. The topological polar surface area (TPSA) is 15.7 Å². The predicted molar refractivity (Wildman–Crippen MR) is 96.5 cm³/mol. The van der Waals surface area contributed by atoms with E-state index in [1.807, 2.05) is 0 Å². The van der Waals surface area contributed by atoms with Gasteiger partial charge in [-0.1, -0.05) is 59.7 Å². The molecule has 3 rings (SSSR count). The maximum atomic E-state index is 5.95. The predicted octanol–water partition coefficient (Wildman–Crippen LogP) is 4.87. The van der Waals surface area contributed by atoms with Gasteiger partial charge in [0.25, 0.3) is 0 Å². The molecular formula is C20H30N2O. The Hall–Kier alpha value is -1.64. The summed E-state index contributed by atoms with van der Waals surface area (Å²) in [4.78, 5) is 4.82. The van der Waals surface area contributed by atoms with Gasteiger partial charge in [0.1, 0.15) is 6.61 Å². The fourth-order valence-corrected chi connectivity index (χ4v) is 3.66. The van der Waals surface area contributed by atoms with E-state index in [9.17, 15) is 0 Å². The van der Waals surface area contributed by atoms with Gasteiger partial charge in [0.2, 0.25) is 5.88 Å². The van der Waals surface area contributed by atoms with Gasteiger partial charge in [-0.15, -0.1) is 0 Å². The van der Waals surface area contributed by atoms with Crippen LogP contribution in [0, 0.1) is 5.92 Å². The number of fused-ring (bicyclic) bond motifs is 1. The van der Waals surface area contributed by atoms with Gasteiger partial charge in [-0.05, 0) is 28.9 Å². The van der Waals surface area contributed by atoms with Crippen LogP contribution in [-0.4, -0.2) is 24.2 Å². The minimum atomic E-state index is 0.486. The van der Waals surface area contributed by atoms with Gasteiger partial charge < -0.3 is 14.5 Å². The third-order valence-electron chi connectivity index (χ3n) is 5.06. The molecule has 0 aliphatic carbocycles. The second-order valence-corrected chi connectivity index (χ2v) is 7.77. The lowest BCUT2D eigenvalue weighted by atomic mass is 9.92. The van der Waals surface area contributed by atoms with Crippen LogP contribution in [0.3, 0.4) is 0 Å². The third-order valence-corrected chi connectivity index (χ3v) is 5.06. The van der Waals surface area contributed by atoms with E-state index in [0.717, 1.165) is 19.2 Å². The molecule has 126 valence electrons. The van der Waals surface area contributed by atoms with Gasteiger partial charge in [-0.2, -0.15) is 0 Å². The minimum absolute atomic E-state index is 0.486. The first kappa shape index (κ1) is 16.2. The van der Waals surface area contributed by atoms with Gasteiger partial charge in [0.15, 0.2) is 0 Å². The number of para-hydroxylation sites is 1. The van der Waals surface area contributed by atoms with Crippen molar-refractivity contribution >= 4 is 5.69 Å². The third kappa shape index (κ3) is 2.82. The number of nitrogens with zero attached hydrogens (tertiary/aromatic N) is 2. The first-order chi connectivity index (χ1) is 10.9. The summed E-state index contributed by atoms with van der Waals surface area (Å²) < 4.78 is 5.95. The Bertz CT molecular complexity index is 577. The van der Waals surface area contributed by atoms with Crippen molar-refractivity contribution in [2.24, 2.45) is 5.92 Å². The summed E-state index contributed by atoms with van der Waals surface area (Å²) in [5.74, 6) is 2.67. The van der Waals surface area contributed by atoms with E-state index in [2.05, 4.69) is 75.7 Å². The Morgan fingerprint density at radius 2 is 1.61 bits per heavy atom. The van der Waals surface area contributed by atoms with Crippen LogP contribution in [0.15, 0.2) is 30.3 Å². The Balaban J connectivity index is 1.99.